The van der Waals surface area contributed by atoms with Gasteiger partial charge in [0.15, 0.2) is 0 Å². The number of aromatic nitrogens is 1. The highest BCUT2D eigenvalue weighted by Crippen LogP contribution is 2.24. The van der Waals surface area contributed by atoms with E-state index in [4.69, 9.17) is 11.6 Å². The molecular formula is C15H21ClN2O. The summed E-state index contributed by atoms with van der Waals surface area (Å²) in [7, 11) is 0. The Balaban J connectivity index is 2.18. The number of nitrogens with zero attached hydrogens (tertiary/aromatic N) is 2. The molecule has 0 bridgehead atoms. The third-order valence-corrected chi connectivity index (χ3v) is 3.73. The summed E-state index contributed by atoms with van der Waals surface area (Å²) in [4.78, 5) is 18.9. The van der Waals surface area contributed by atoms with Crippen molar-refractivity contribution < 1.29 is 4.79 Å². The molecule has 2 rings (SSSR count). The van der Waals surface area contributed by atoms with Crippen LogP contribution in [0.5, 0.6) is 0 Å². The molecule has 2 atom stereocenters. The fourth-order valence-electron chi connectivity index (χ4n) is 2.82. The summed E-state index contributed by atoms with van der Waals surface area (Å²) in [5.74, 6) is 0.0478. The number of hydrogen-bond donors (Lipinski definition) is 0. The molecule has 1 amide bonds. The van der Waals surface area contributed by atoms with Gasteiger partial charge < -0.3 is 4.90 Å². The zero-order valence-electron chi connectivity index (χ0n) is 11.8. The van der Waals surface area contributed by atoms with E-state index in [2.05, 4.69) is 4.98 Å². The number of amides is 1. The van der Waals surface area contributed by atoms with E-state index in [0.29, 0.717) is 5.69 Å². The van der Waals surface area contributed by atoms with Crippen LogP contribution in [-0.2, 0) is 0 Å². The molecule has 1 aromatic heterocycles. The lowest BCUT2D eigenvalue weighted by Gasteiger charge is -2.25. The van der Waals surface area contributed by atoms with Crippen LogP contribution in [0.25, 0.3) is 0 Å². The van der Waals surface area contributed by atoms with Gasteiger partial charge in [0.1, 0.15) is 5.69 Å². The van der Waals surface area contributed by atoms with Gasteiger partial charge in [0.2, 0.25) is 0 Å². The van der Waals surface area contributed by atoms with Gasteiger partial charge in [0.25, 0.3) is 5.91 Å². The van der Waals surface area contributed by atoms with Crippen molar-refractivity contribution in [1.29, 1.82) is 0 Å². The predicted octanol–water partition coefficient (Wildman–Crippen LogP) is 3.32. The molecule has 0 saturated carbocycles. The Bertz CT molecular complexity index is 453. The van der Waals surface area contributed by atoms with E-state index in [0.717, 1.165) is 37.1 Å². The van der Waals surface area contributed by atoms with Crippen molar-refractivity contribution >= 4 is 17.5 Å². The summed E-state index contributed by atoms with van der Waals surface area (Å²) in [5.41, 5.74) is 2.54. The van der Waals surface area contributed by atoms with E-state index in [-0.39, 0.29) is 17.3 Å². The van der Waals surface area contributed by atoms with Gasteiger partial charge in [-0.1, -0.05) is 0 Å². The monoisotopic (exact) mass is 280 g/mol. The molecule has 19 heavy (non-hydrogen) atoms. The van der Waals surface area contributed by atoms with E-state index in [9.17, 15) is 4.79 Å². The lowest BCUT2D eigenvalue weighted by molar-refractivity contribution is 0.0724. The van der Waals surface area contributed by atoms with Crippen molar-refractivity contribution in [2.45, 2.75) is 51.5 Å². The zero-order chi connectivity index (χ0) is 14.0. The highest BCUT2D eigenvalue weighted by molar-refractivity contribution is 6.20. The summed E-state index contributed by atoms with van der Waals surface area (Å²) in [6, 6.07) is 4.12. The van der Waals surface area contributed by atoms with Crippen molar-refractivity contribution in [1.82, 2.24) is 9.88 Å². The number of carbonyl (C=O) groups excluding carboxylic acids is 1. The van der Waals surface area contributed by atoms with Crippen LogP contribution in [0.4, 0.5) is 0 Å². The molecule has 0 aromatic carbocycles. The highest BCUT2D eigenvalue weighted by atomic mass is 35.5. The number of rotatable bonds is 3. The number of alkyl halides is 1. The minimum Gasteiger partial charge on any atom is -0.334 e. The van der Waals surface area contributed by atoms with Gasteiger partial charge in [-0.3, -0.25) is 4.79 Å². The third kappa shape index (κ3) is 3.47. The van der Waals surface area contributed by atoms with Crippen LogP contribution in [0.2, 0.25) is 0 Å². The van der Waals surface area contributed by atoms with Gasteiger partial charge in [0.05, 0.1) is 0 Å². The fourth-order valence-corrected chi connectivity index (χ4v) is 3.03. The standard InChI is InChI=1S/C15H21ClN2O/c1-10-7-12(3)17-14(8-10)15(19)18-6-4-5-13(18)9-11(2)16/h7-8,11,13H,4-6,9H2,1-3H3. The number of carbonyl (C=O) groups is 1. The molecule has 1 saturated heterocycles. The number of likely N-dealkylation sites (tertiary alicyclic amines) is 1. The van der Waals surface area contributed by atoms with E-state index < -0.39 is 0 Å². The smallest absolute Gasteiger partial charge is 0.272 e. The summed E-state index contributed by atoms with van der Waals surface area (Å²) in [5, 5.41) is 0.102. The Morgan fingerprint density at radius 3 is 2.89 bits per heavy atom. The SMILES string of the molecule is Cc1cc(C)nc(C(=O)N2CCCC2CC(C)Cl)c1. The first-order chi connectivity index (χ1) is 8.97. The van der Waals surface area contributed by atoms with Gasteiger partial charge in [-0.15, -0.1) is 11.6 Å². The van der Waals surface area contributed by atoms with Crippen LogP contribution in [-0.4, -0.2) is 33.8 Å². The molecule has 1 fully saturated rings. The maximum Gasteiger partial charge on any atom is 0.272 e. The van der Waals surface area contributed by atoms with E-state index in [1.807, 2.05) is 37.8 Å². The maximum absolute atomic E-state index is 12.6. The van der Waals surface area contributed by atoms with Gasteiger partial charge in [-0.25, -0.2) is 4.98 Å². The Morgan fingerprint density at radius 2 is 2.26 bits per heavy atom. The van der Waals surface area contributed by atoms with Gasteiger partial charge in [-0.2, -0.15) is 0 Å². The van der Waals surface area contributed by atoms with Crippen LogP contribution < -0.4 is 0 Å². The van der Waals surface area contributed by atoms with Crippen molar-refractivity contribution in [2.75, 3.05) is 6.54 Å². The van der Waals surface area contributed by atoms with Crippen LogP contribution in [0.1, 0.15) is 47.9 Å². The number of pyridine rings is 1. The summed E-state index contributed by atoms with van der Waals surface area (Å²) >= 11 is 6.07. The average molecular weight is 281 g/mol. The average Bonchev–Trinajstić information content (AvgIpc) is 2.73. The van der Waals surface area contributed by atoms with Crippen LogP contribution in [0.3, 0.4) is 0 Å². The number of aryl methyl sites for hydroxylation is 2. The predicted molar refractivity (Wildman–Crippen MR) is 77.7 cm³/mol. The quantitative estimate of drug-likeness (QED) is 0.796. The summed E-state index contributed by atoms with van der Waals surface area (Å²) in [6.45, 7) is 6.72. The first-order valence-electron chi connectivity index (χ1n) is 6.87. The minimum atomic E-state index is 0.0478. The lowest BCUT2D eigenvalue weighted by Crippen LogP contribution is -2.37. The topological polar surface area (TPSA) is 33.2 Å². The molecule has 1 aliphatic rings. The Kier molecular flexibility index (Phi) is 4.46. The van der Waals surface area contributed by atoms with Crippen LogP contribution >= 0.6 is 11.6 Å². The highest BCUT2D eigenvalue weighted by Gasteiger charge is 2.30. The summed E-state index contributed by atoms with van der Waals surface area (Å²) in [6.07, 6.45) is 2.97. The van der Waals surface area contributed by atoms with Gasteiger partial charge in [0, 0.05) is 23.7 Å². The minimum absolute atomic E-state index is 0.0478. The normalized spacial score (nSPS) is 20.6. The largest absolute Gasteiger partial charge is 0.334 e. The fraction of sp³-hybridized carbons (Fsp3) is 0.600. The van der Waals surface area contributed by atoms with E-state index in [1.165, 1.54) is 0 Å². The zero-order valence-corrected chi connectivity index (χ0v) is 12.6. The Labute approximate surface area is 120 Å². The second-order valence-electron chi connectivity index (χ2n) is 5.48. The van der Waals surface area contributed by atoms with Gasteiger partial charge >= 0.3 is 0 Å². The molecule has 0 aliphatic carbocycles. The molecule has 1 aromatic rings. The van der Waals surface area contributed by atoms with Crippen LogP contribution in [0, 0.1) is 13.8 Å². The molecule has 0 N–H and O–H groups in total. The Morgan fingerprint density at radius 1 is 1.53 bits per heavy atom. The number of halogens is 1. The lowest BCUT2D eigenvalue weighted by atomic mass is 10.1. The molecule has 0 spiro atoms. The molecule has 104 valence electrons. The molecule has 1 aliphatic heterocycles. The van der Waals surface area contributed by atoms with E-state index >= 15 is 0 Å². The van der Waals surface area contributed by atoms with Gasteiger partial charge in [-0.05, 0) is 57.7 Å². The third-order valence-electron chi connectivity index (χ3n) is 3.55. The first-order valence-corrected chi connectivity index (χ1v) is 7.31. The molecular weight excluding hydrogens is 260 g/mol. The van der Waals surface area contributed by atoms with Crippen molar-refractivity contribution in [3.8, 4) is 0 Å². The maximum atomic E-state index is 12.6. The van der Waals surface area contributed by atoms with Crippen LogP contribution in [0.15, 0.2) is 12.1 Å². The van der Waals surface area contributed by atoms with Crippen molar-refractivity contribution in [2.24, 2.45) is 0 Å². The molecule has 2 unspecified atom stereocenters. The first kappa shape index (κ1) is 14.3. The molecule has 2 heterocycles. The second kappa shape index (κ2) is 5.91. The molecule has 4 heteroatoms. The number of hydrogen-bond acceptors (Lipinski definition) is 2. The molecule has 0 radical (unpaired) electrons. The summed E-state index contributed by atoms with van der Waals surface area (Å²) < 4.78 is 0. The Hall–Kier alpha value is -1.09. The second-order valence-corrected chi connectivity index (χ2v) is 6.23. The van der Waals surface area contributed by atoms with Crippen molar-refractivity contribution in [3.63, 3.8) is 0 Å². The van der Waals surface area contributed by atoms with Crippen molar-refractivity contribution in [3.05, 3.63) is 29.1 Å². The molecule has 3 nitrogen and oxygen atoms in total. The van der Waals surface area contributed by atoms with E-state index in [1.54, 1.807) is 0 Å².